The largest absolute Gasteiger partial charge is 0.489 e. The number of halogens is 2. The van der Waals surface area contributed by atoms with E-state index in [1.165, 1.54) is 12.5 Å². The first-order chi connectivity index (χ1) is 20.4. The molecule has 1 fully saturated rings. The van der Waals surface area contributed by atoms with Crippen LogP contribution in [0.4, 0.5) is 4.39 Å². The highest BCUT2D eigenvalue weighted by atomic mass is 35.5. The van der Waals surface area contributed by atoms with Gasteiger partial charge in [-0.15, -0.1) is 0 Å². The maximum absolute atomic E-state index is 15.8. The number of fused-ring (bicyclic) bond motifs is 1. The van der Waals surface area contributed by atoms with Crippen LogP contribution in [0.3, 0.4) is 0 Å². The standard InChI is InChI=1S/C34H27ClFN3O3/c35-25-10-7-22(8-11-25)28-13-9-23(34(40)41)17-24(28)20-42-27-12-14-29(30(36)18-27)33-38-31-16-21(19-37)6-15-32(31)39(33)26-4-2-1-3-5-26/h6-18,26H,1-5,20H2,(H,40,41). The van der Waals surface area contributed by atoms with Crippen molar-refractivity contribution in [1.29, 1.82) is 5.26 Å². The SMILES string of the molecule is N#Cc1ccc2c(c1)nc(-c1ccc(OCc3cc(C(=O)O)ccc3-c3ccc(Cl)cc3)cc1F)n2C1CCCCC1. The summed E-state index contributed by atoms with van der Waals surface area (Å²) in [5.41, 5.74) is 4.87. The van der Waals surface area contributed by atoms with E-state index in [4.69, 9.17) is 21.3 Å². The van der Waals surface area contributed by atoms with Crippen molar-refractivity contribution in [3.63, 3.8) is 0 Å². The van der Waals surface area contributed by atoms with Crippen molar-refractivity contribution < 1.29 is 19.0 Å². The average molecular weight is 580 g/mol. The molecule has 1 aliphatic carbocycles. The number of benzene rings is 4. The Bertz CT molecular complexity index is 1840. The number of carboxylic acids is 1. The van der Waals surface area contributed by atoms with Crippen molar-refractivity contribution >= 4 is 28.6 Å². The lowest BCUT2D eigenvalue weighted by molar-refractivity contribution is 0.0696. The van der Waals surface area contributed by atoms with Gasteiger partial charge in [-0.1, -0.05) is 49.1 Å². The zero-order valence-electron chi connectivity index (χ0n) is 22.7. The van der Waals surface area contributed by atoms with Crippen molar-refractivity contribution in [3.8, 4) is 34.3 Å². The molecule has 0 atom stereocenters. The second-order valence-electron chi connectivity index (χ2n) is 10.5. The van der Waals surface area contributed by atoms with E-state index >= 15 is 4.39 Å². The smallest absolute Gasteiger partial charge is 0.335 e. The number of carbonyl (C=O) groups is 1. The number of aromatic carboxylic acids is 1. The van der Waals surface area contributed by atoms with Gasteiger partial charge in [0, 0.05) is 17.1 Å². The van der Waals surface area contributed by atoms with Gasteiger partial charge in [0.1, 0.15) is 24.0 Å². The Balaban J connectivity index is 1.33. The van der Waals surface area contributed by atoms with Crippen molar-refractivity contribution in [3.05, 3.63) is 106 Å². The minimum atomic E-state index is -1.04. The highest BCUT2D eigenvalue weighted by molar-refractivity contribution is 6.30. The zero-order chi connectivity index (χ0) is 29.2. The van der Waals surface area contributed by atoms with Crippen LogP contribution in [0.2, 0.25) is 5.02 Å². The molecule has 0 unspecified atom stereocenters. The van der Waals surface area contributed by atoms with E-state index in [9.17, 15) is 15.2 Å². The lowest BCUT2D eigenvalue weighted by Gasteiger charge is -2.25. The number of imidazole rings is 1. The summed E-state index contributed by atoms with van der Waals surface area (Å²) in [6, 6.07) is 24.6. The van der Waals surface area contributed by atoms with E-state index < -0.39 is 11.8 Å². The van der Waals surface area contributed by atoms with Crippen molar-refractivity contribution in [1.82, 2.24) is 9.55 Å². The van der Waals surface area contributed by atoms with Gasteiger partial charge >= 0.3 is 5.97 Å². The number of aromatic nitrogens is 2. The summed E-state index contributed by atoms with van der Waals surface area (Å²) in [4.78, 5) is 16.4. The average Bonchev–Trinajstić information content (AvgIpc) is 3.39. The molecule has 0 bridgehead atoms. The van der Waals surface area contributed by atoms with E-state index in [0.29, 0.717) is 38.8 Å². The Morgan fingerprint density at radius 1 is 1.00 bits per heavy atom. The van der Waals surface area contributed by atoms with Gasteiger partial charge in [-0.05, 0) is 84.1 Å². The maximum Gasteiger partial charge on any atom is 0.335 e. The molecule has 1 heterocycles. The Labute approximate surface area is 247 Å². The summed E-state index contributed by atoms with van der Waals surface area (Å²) in [5.74, 6) is -0.670. The molecule has 6 rings (SSSR count). The molecule has 1 aliphatic rings. The summed E-state index contributed by atoms with van der Waals surface area (Å²) in [5, 5.41) is 19.5. The van der Waals surface area contributed by atoms with E-state index in [-0.39, 0.29) is 18.2 Å². The predicted molar refractivity (Wildman–Crippen MR) is 160 cm³/mol. The van der Waals surface area contributed by atoms with Crippen LogP contribution >= 0.6 is 11.6 Å². The first-order valence-electron chi connectivity index (χ1n) is 13.9. The molecule has 4 aromatic carbocycles. The van der Waals surface area contributed by atoms with E-state index in [2.05, 4.69) is 10.6 Å². The summed E-state index contributed by atoms with van der Waals surface area (Å²) in [7, 11) is 0. The molecule has 5 aromatic rings. The van der Waals surface area contributed by atoms with Crippen LogP contribution in [0.5, 0.6) is 5.75 Å². The molecule has 0 spiro atoms. The fourth-order valence-corrected chi connectivity index (χ4v) is 5.88. The van der Waals surface area contributed by atoms with E-state index in [0.717, 1.165) is 42.3 Å². The number of nitriles is 1. The van der Waals surface area contributed by atoms with Crippen LogP contribution in [-0.4, -0.2) is 20.6 Å². The van der Waals surface area contributed by atoms with Crippen LogP contribution < -0.4 is 4.74 Å². The van der Waals surface area contributed by atoms with Crippen molar-refractivity contribution in [2.24, 2.45) is 0 Å². The molecule has 1 aromatic heterocycles. The van der Waals surface area contributed by atoms with Crippen LogP contribution in [0.25, 0.3) is 33.5 Å². The lowest BCUT2D eigenvalue weighted by atomic mass is 9.94. The minimum absolute atomic E-state index is 0.0371. The molecule has 1 N–H and O–H groups in total. The van der Waals surface area contributed by atoms with Crippen molar-refractivity contribution in [2.75, 3.05) is 0 Å². The highest BCUT2D eigenvalue weighted by Crippen LogP contribution is 2.37. The fraction of sp³-hybridized carbons (Fsp3) is 0.206. The molecular weight excluding hydrogens is 553 g/mol. The molecule has 8 heteroatoms. The van der Waals surface area contributed by atoms with Gasteiger partial charge in [0.05, 0.1) is 33.8 Å². The second kappa shape index (κ2) is 11.7. The quantitative estimate of drug-likeness (QED) is 0.208. The van der Waals surface area contributed by atoms with Gasteiger partial charge < -0.3 is 14.4 Å². The Morgan fingerprint density at radius 2 is 1.76 bits per heavy atom. The number of rotatable bonds is 7. The first kappa shape index (κ1) is 27.5. The molecule has 0 amide bonds. The van der Waals surface area contributed by atoms with Gasteiger partial charge in [0.25, 0.3) is 0 Å². The lowest BCUT2D eigenvalue weighted by Crippen LogP contribution is -2.14. The fourth-order valence-electron chi connectivity index (χ4n) is 5.75. The third kappa shape index (κ3) is 5.46. The summed E-state index contributed by atoms with van der Waals surface area (Å²) in [6.45, 7) is 0.0371. The number of carboxylic acid groups (broad SMARTS) is 1. The zero-order valence-corrected chi connectivity index (χ0v) is 23.4. The number of nitrogens with zero attached hydrogens (tertiary/aromatic N) is 3. The molecule has 0 saturated heterocycles. The van der Waals surface area contributed by atoms with Gasteiger partial charge in [-0.2, -0.15) is 5.26 Å². The Hall–Kier alpha value is -4.67. The van der Waals surface area contributed by atoms with Crippen LogP contribution in [0, 0.1) is 17.1 Å². The van der Waals surface area contributed by atoms with Crippen LogP contribution in [0.1, 0.15) is 59.6 Å². The molecular formula is C34H27ClFN3O3. The number of hydrogen-bond acceptors (Lipinski definition) is 4. The van der Waals surface area contributed by atoms with Gasteiger partial charge in [0.15, 0.2) is 0 Å². The van der Waals surface area contributed by atoms with Gasteiger partial charge in [-0.25, -0.2) is 14.2 Å². The summed E-state index contributed by atoms with van der Waals surface area (Å²) >= 11 is 6.05. The predicted octanol–water partition coefficient (Wildman–Crippen LogP) is 8.82. The Kier molecular flexibility index (Phi) is 7.64. The molecule has 1 saturated carbocycles. The minimum Gasteiger partial charge on any atom is -0.489 e. The summed E-state index contributed by atoms with van der Waals surface area (Å²) < 4.78 is 23.9. The van der Waals surface area contributed by atoms with Crippen LogP contribution in [0.15, 0.2) is 78.9 Å². The maximum atomic E-state index is 15.8. The van der Waals surface area contributed by atoms with Crippen molar-refractivity contribution in [2.45, 2.75) is 44.8 Å². The monoisotopic (exact) mass is 579 g/mol. The molecule has 0 aliphatic heterocycles. The molecule has 210 valence electrons. The molecule has 6 nitrogen and oxygen atoms in total. The molecule has 42 heavy (non-hydrogen) atoms. The van der Waals surface area contributed by atoms with E-state index in [1.54, 1.807) is 54.6 Å². The first-order valence-corrected chi connectivity index (χ1v) is 14.3. The summed E-state index contributed by atoms with van der Waals surface area (Å²) in [6.07, 6.45) is 5.39. The van der Waals surface area contributed by atoms with Gasteiger partial charge in [-0.3, -0.25) is 0 Å². The molecule has 0 radical (unpaired) electrons. The van der Waals surface area contributed by atoms with Crippen LogP contribution in [-0.2, 0) is 6.61 Å². The Morgan fingerprint density at radius 3 is 2.48 bits per heavy atom. The third-order valence-corrected chi connectivity index (χ3v) is 8.09. The number of ether oxygens (including phenoxy) is 1. The topological polar surface area (TPSA) is 88.1 Å². The van der Waals surface area contributed by atoms with E-state index in [1.807, 2.05) is 18.2 Å². The highest BCUT2D eigenvalue weighted by Gasteiger charge is 2.24. The normalized spacial score (nSPS) is 13.6. The number of hydrogen-bond donors (Lipinski definition) is 1. The third-order valence-electron chi connectivity index (χ3n) is 7.84. The second-order valence-corrected chi connectivity index (χ2v) is 11.0. The van der Waals surface area contributed by atoms with Gasteiger partial charge in [0.2, 0.25) is 0 Å².